The minimum absolute atomic E-state index is 0.00196. The second-order valence-electron chi connectivity index (χ2n) is 7.15. The SMILES string of the molecule is CC(C)(C)C1CCC(C(N)c2cccc(Cl)c2Cl)CC1. The van der Waals surface area contributed by atoms with Crippen molar-refractivity contribution in [2.24, 2.45) is 23.0 Å². The Balaban J connectivity index is 2.05. The third-order valence-corrected chi connectivity index (χ3v) is 5.68. The number of hydrogen-bond donors (Lipinski definition) is 1. The summed E-state index contributed by atoms with van der Waals surface area (Å²) in [4.78, 5) is 0. The van der Waals surface area contributed by atoms with E-state index in [-0.39, 0.29) is 6.04 Å². The standard InChI is InChI=1S/C17H25Cl2N/c1-17(2,3)12-9-7-11(8-10-12)16(20)13-5-4-6-14(18)15(13)19/h4-6,11-12,16H,7-10,20H2,1-3H3. The highest BCUT2D eigenvalue weighted by molar-refractivity contribution is 6.42. The van der Waals surface area contributed by atoms with Gasteiger partial charge < -0.3 is 5.73 Å². The minimum Gasteiger partial charge on any atom is -0.324 e. The van der Waals surface area contributed by atoms with E-state index in [1.165, 1.54) is 25.7 Å². The van der Waals surface area contributed by atoms with Gasteiger partial charge in [-0.1, -0.05) is 56.1 Å². The van der Waals surface area contributed by atoms with Gasteiger partial charge in [0, 0.05) is 6.04 Å². The molecule has 1 unspecified atom stereocenters. The van der Waals surface area contributed by atoms with Crippen LogP contribution in [0.15, 0.2) is 18.2 Å². The Morgan fingerprint density at radius 3 is 2.25 bits per heavy atom. The third-order valence-electron chi connectivity index (χ3n) is 4.85. The second-order valence-corrected chi connectivity index (χ2v) is 7.93. The fourth-order valence-electron chi connectivity index (χ4n) is 3.38. The van der Waals surface area contributed by atoms with Crippen molar-refractivity contribution < 1.29 is 0 Å². The molecule has 1 aliphatic rings. The van der Waals surface area contributed by atoms with Gasteiger partial charge in [0.2, 0.25) is 0 Å². The summed E-state index contributed by atoms with van der Waals surface area (Å²) < 4.78 is 0. The summed E-state index contributed by atoms with van der Waals surface area (Å²) in [6.07, 6.45) is 4.90. The number of benzene rings is 1. The van der Waals surface area contributed by atoms with Crippen LogP contribution in [0.4, 0.5) is 0 Å². The highest BCUT2D eigenvalue weighted by Crippen LogP contribution is 2.44. The highest BCUT2D eigenvalue weighted by atomic mass is 35.5. The van der Waals surface area contributed by atoms with Gasteiger partial charge in [-0.3, -0.25) is 0 Å². The van der Waals surface area contributed by atoms with Crippen LogP contribution in [0, 0.1) is 17.3 Å². The van der Waals surface area contributed by atoms with Crippen LogP contribution < -0.4 is 5.73 Å². The average molecular weight is 314 g/mol. The largest absolute Gasteiger partial charge is 0.324 e. The quantitative estimate of drug-likeness (QED) is 0.728. The Hall–Kier alpha value is -0.240. The smallest absolute Gasteiger partial charge is 0.0640 e. The summed E-state index contributed by atoms with van der Waals surface area (Å²) in [6, 6.07) is 5.76. The number of hydrogen-bond acceptors (Lipinski definition) is 1. The van der Waals surface area contributed by atoms with Crippen molar-refractivity contribution in [3.8, 4) is 0 Å². The summed E-state index contributed by atoms with van der Waals surface area (Å²) in [7, 11) is 0. The van der Waals surface area contributed by atoms with Crippen molar-refractivity contribution in [2.45, 2.75) is 52.5 Å². The predicted molar refractivity (Wildman–Crippen MR) is 88.3 cm³/mol. The van der Waals surface area contributed by atoms with Crippen LogP contribution >= 0.6 is 23.2 Å². The first-order valence-electron chi connectivity index (χ1n) is 7.50. The molecule has 0 bridgehead atoms. The molecule has 0 saturated heterocycles. The zero-order valence-electron chi connectivity index (χ0n) is 12.6. The van der Waals surface area contributed by atoms with Crippen molar-refractivity contribution >= 4 is 23.2 Å². The third kappa shape index (κ3) is 3.50. The Morgan fingerprint density at radius 1 is 1.10 bits per heavy atom. The van der Waals surface area contributed by atoms with Gasteiger partial charge in [-0.15, -0.1) is 0 Å². The van der Waals surface area contributed by atoms with Gasteiger partial charge in [0.1, 0.15) is 0 Å². The lowest BCUT2D eigenvalue weighted by atomic mass is 9.68. The van der Waals surface area contributed by atoms with Gasteiger partial charge in [0.25, 0.3) is 0 Å². The lowest BCUT2D eigenvalue weighted by Gasteiger charge is -2.39. The molecule has 1 nitrogen and oxygen atoms in total. The first-order valence-corrected chi connectivity index (χ1v) is 8.25. The molecule has 1 fully saturated rings. The number of nitrogens with two attached hydrogens (primary N) is 1. The first kappa shape index (κ1) is 16.1. The summed E-state index contributed by atoms with van der Waals surface area (Å²) >= 11 is 12.4. The van der Waals surface area contributed by atoms with E-state index < -0.39 is 0 Å². The van der Waals surface area contributed by atoms with Gasteiger partial charge in [-0.25, -0.2) is 0 Å². The average Bonchev–Trinajstić information content (AvgIpc) is 2.40. The summed E-state index contributed by atoms with van der Waals surface area (Å²) in [5.74, 6) is 1.32. The maximum Gasteiger partial charge on any atom is 0.0640 e. The van der Waals surface area contributed by atoms with Crippen molar-refractivity contribution in [1.82, 2.24) is 0 Å². The van der Waals surface area contributed by atoms with E-state index in [4.69, 9.17) is 28.9 Å². The molecule has 0 aliphatic heterocycles. The Kier molecular flexibility index (Phi) is 5.05. The Morgan fingerprint density at radius 2 is 1.70 bits per heavy atom. The van der Waals surface area contributed by atoms with Crippen LogP contribution in [-0.2, 0) is 0 Å². The zero-order chi connectivity index (χ0) is 14.9. The van der Waals surface area contributed by atoms with Gasteiger partial charge in [0.05, 0.1) is 10.0 Å². The zero-order valence-corrected chi connectivity index (χ0v) is 14.1. The van der Waals surface area contributed by atoms with Crippen LogP contribution in [0.1, 0.15) is 58.1 Å². The predicted octanol–water partition coefficient (Wildman–Crippen LogP) is 5.85. The van der Waals surface area contributed by atoms with Gasteiger partial charge in [0.15, 0.2) is 0 Å². The van der Waals surface area contributed by atoms with E-state index in [1.54, 1.807) is 0 Å². The molecule has 20 heavy (non-hydrogen) atoms. The number of halogens is 2. The molecule has 2 rings (SSSR count). The van der Waals surface area contributed by atoms with Gasteiger partial charge in [-0.05, 0) is 54.6 Å². The van der Waals surface area contributed by atoms with Crippen LogP contribution in [0.3, 0.4) is 0 Å². The lowest BCUT2D eigenvalue weighted by Crippen LogP contribution is -2.30. The summed E-state index contributed by atoms with van der Waals surface area (Å²) in [6.45, 7) is 7.02. The van der Waals surface area contributed by atoms with E-state index in [0.717, 1.165) is 11.5 Å². The second kappa shape index (κ2) is 6.25. The molecular formula is C17H25Cl2N. The fraction of sp³-hybridized carbons (Fsp3) is 0.647. The molecule has 2 N–H and O–H groups in total. The normalized spacial score (nSPS) is 25.5. The minimum atomic E-state index is 0.00196. The van der Waals surface area contributed by atoms with Gasteiger partial charge in [-0.2, -0.15) is 0 Å². The van der Waals surface area contributed by atoms with Crippen molar-refractivity contribution in [3.05, 3.63) is 33.8 Å². The molecule has 0 amide bonds. The van der Waals surface area contributed by atoms with Crippen LogP contribution in [0.2, 0.25) is 10.0 Å². The Bertz CT molecular complexity index is 457. The molecular weight excluding hydrogens is 289 g/mol. The molecule has 1 aromatic rings. The molecule has 0 radical (unpaired) electrons. The van der Waals surface area contributed by atoms with E-state index in [9.17, 15) is 0 Å². The topological polar surface area (TPSA) is 26.0 Å². The van der Waals surface area contributed by atoms with Crippen LogP contribution in [0.5, 0.6) is 0 Å². The molecule has 1 aliphatic carbocycles. The fourth-order valence-corrected chi connectivity index (χ4v) is 3.81. The molecule has 1 aromatic carbocycles. The summed E-state index contributed by atoms with van der Waals surface area (Å²) in [5.41, 5.74) is 7.85. The molecule has 0 spiro atoms. The highest BCUT2D eigenvalue weighted by Gasteiger charge is 2.32. The monoisotopic (exact) mass is 313 g/mol. The molecule has 1 atom stereocenters. The van der Waals surface area contributed by atoms with E-state index in [0.29, 0.717) is 21.4 Å². The summed E-state index contributed by atoms with van der Waals surface area (Å²) in [5, 5.41) is 1.22. The van der Waals surface area contributed by atoms with Crippen molar-refractivity contribution in [1.29, 1.82) is 0 Å². The van der Waals surface area contributed by atoms with Crippen molar-refractivity contribution in [3.63, 3.8) is 0 Å². The van der Waals surface area contributed by atoms with Crippen LogP contribution in [-0.4, -0.2) is 0 Å². The maximum absolute atomic E-state index is 6.45. The van der Waals surface area contributed by atoms with E-state index in [2.05, 4.69) is 20.8 Å². The molecule has 0 aromatic heterocycles. The lowest BCUT2D eigenvalue weighted by molar-refractivity contribution is 0.139. The van der Waals surface area contributed by atoms with Gasteiger partial charge >= 0.3 is 0 Å². The van der Waals surface area contributed by atoms with Crippen molar-refractivity contribution in [2.75, 3.05) is 0 Å². The molecule has 0 heterocycles. The molecule has 3 heteroatoms. The molecule has 1 saturated carbocycles. The van der Waals surface area contributed by atoms with E-state index >= 15 is 0 Å². The molecule has 112 valence electrons. The van der Waals surface area contributed by atoms with Crippen LogP contribution in [0.25, 0.3) is 0 Å². The maximum atomic E-state index is 6.45. The first-order chi connectivity index (χ1) is 9.30. The number of rotatable bonds is 2. The Labute approximate surface area is 132 Å². The van der Waals surface area contributed by atoms with E-state index in [1.807, 2.05) is 18.2 Å².